The minimum absolute atomic E-state index is 0.530. The Morgan fingerprint density at radius 3 is 2.60 bits per heavy atom. The van der Waals surface area contributed by atoms with Crippen LogP contribution in [0.2, 0.25) is 0 Å². The molecule has 0 aliphatic carbocycles. The number of nitrogens with one attached hydrogen (secondary N) is 1. The molecule has 0 aliphatic heterocycles. The molecule has 1 aromatic heterocycles. The summed E-state index contributed by atoms with van der Waals surface area (Å²) in [6.45, 7) is 11.7. The zero-order chi connectivity index (χ0) is 14.7. The van der Waals surface area contributed by atoms with E-state index in [1.807, 2.05) is 0 Å². The van der Waals surface area contributed by atoms with Crippen LogP contribution in [0.25, 0.3) is 5.69 Å². The van der Waals surface area contributed by atoms with Gasteiger partial charge in [-0.25, -0.2) is 4.68 Å². The third-order valence-corrected chi connectivity index (χ3v) is 3.61. The molecule has 1 N–H and O–H groups in total. The normalized spacial score (nSPS) is 11.3. The van der Waals surface area contributed by atoms with Crippen LogP contribution in [0.1, 0.15) is 36.4 Å². The van der Waals surface area contributed by atoms with Gasteiger partial charge < -0.3 is 5.32 Å². The quantitative estimate of drug-likeness (QED) is 0.904. The second-order valence-corrected chi connectivity index (χ2v) is 5.76. The molecule has 0 fully saturated rings. The molecular weight excluding hydrogens is 246 g/mol. The third-order valence-electron chi connectivity index (χ3n) is 3.61. The topological polar surface area (TPSA) is 29.9 Å². The lowest BCUT2D eigenvalue weighted by atomic mass is 10.1. The molecule has 108 valence electrons. The van der Waals surface area contributed by atoms with E-state index in [0.717, 1.165) is 24.3 Å². The Balaban J connectivity index is 2.24. The molecule has 1 heterocycles. The molecule has 0 amide bonds. The van der Waals surface area contributed by atoms with Crippen molar-refractivity contribution in [1.82, 2.24) is 15.1 Å². The Hall–Kier alpha value is -1.61. The first-order valence-corrected chi connectivity index (χ1v) is 7.34. The van der Waals surface area contributed by atoms with E-state index in [0.29, 0.717) is 6.04 Å². The number of rotatable bonds is 5. The SMILES string of the molecule is Cc1cccc(-n2nc(C)c(CCNC(C)C)c2C)c1. The molecule has 0 aliphatic rings. The van der Waals surface area contributed by atoms with Crippen molar-refractivity contribution >= 4 is 0 Å². The van der Waals surface area contributed by atoms with Gasteiger partial charge in [-0.1, -0.05) is 26.0 Å². The van der Waals surface area contributed by atoms with Gasteiger partial charge in [-0.3, -0.25) is 0 Å². The van der Waals surface area contributed by atoms with Crippen molar-refractivity contribution < 1.29 is 0 Å². The number of aromatic nitrogens is 2. The third kappa shape index (κ3) is 3.28. The average molecular weight is 271 g/mol. The van der Waals surface area contributed by atoms with E-state index < -0.39 is 0 Å². The molecule has 0 radical (unpaired) electrons. The molecule has 0 unspecified atom stereocenters. The van der Waals surface area contributed by atoms with Crippen molar-refractivity contribution in [3.8, 4) is 5.69 Å². The van der Waals surface area contributed by atoms with Gasteiger partial charge in [0.05, 0.1) is 11.4 Å². The first-order valence-electron chi connectivity index (χ1n) is 7.34. The maximum absolute atomic E-state index is 4.71. The molecule has 0 bridgehead atoms. The van der Waals surface area contributed by atoms with Gasteiger partial charge in [0.1, 0.15) is 0 Å². The molecule has 3 heteroatoms. The lowest BCUT2D eigenvalue weighted by molar-refractivity contribution is 0.589. The van der Waals surface area contributed by atoms with Crippen LogP contribution in [0.15, 0.2) is 24.3 Å². The maximum atomic E-state index is 4.71. The van der Waals surface area contributed by atoms with Gasteiger partial charge in [0, 0.05) is 11.7 Å². The van der Waals surface area contributed by atoms with Crippen molar-refractivity contribution in [3.05, 3.63) is 46.8 Å². The predicted octanol–water partition coefficient (Wildman–Crippen LogP) is 3.34. The van der Waals surface area contributed by atoms with Gasteiger partial charge >= 0.3 is 0 Å². The number of benzene rings is 1. The summed E-state index contributed by atoms with van der Waals surface area (Å²) in [6.07, 6.45) is 1.03. The molecule has 20 heavy (non-hydrogen) atoms. The van der Waals surface area contributed by atoms with Crippen molar-refractivity contribution in [3.63, 3.8) is 0 Å². The lowest BCUT2D eigenvalue weighted by Crippen LogP contribution is -2.25. The summed E-state index contributed by atoms with van der Waals surface area (Å²) in [5, 5.41) is 8.18. The Morgan fingerprint density at radius 1 is 1.20 bits per heavy atom. The van der Waals surface area contributed by atoms with Crippen molar-refractivity contribution in [1.29, 1.82) is 0 Å². The standard InChI is InChI=1S/C17H25N3/c1-12(2)18-10-9-17-14(4)19-20(15(17)5)16-8-6-7-13(3)11-16/h6-8,11-12,18H,9-10H2,1-5H3. The van der Waals surface area contributed by atoms with E-state index >= 15 is 0 Å². The van der Waals surface area contributed by atoms with E-state index in [9.17, 15) is 0 Å². The molecule has 1 aromatic carbocycles. The van der Waals surface area contributed by atoms with Crippen molar-refractivity contribution in [2.45, 2.75) is 47.1 Å². The summed E-state index contributed by atoms with van der Waals surface area (Å²) in [6, 6.07) is 9.02. The Labute approximate surface area is 122 Å². The second-order valence-electron chi connectivity index (χ2n) is 5.76. The first-order chi connectivity index (χ1) is 9.49. The molecule has 2 rings (SSSR count). The van der Waals surface area contributed by atoms with Crippen LogP contribution in [0, 0.1) is 20.8 Å². The summed E-state index contributed by atoms with van der Waals surface area (Å²) in [5.74, 6) is 0. The number of nitrogens with zero attached hydrogens (tertiary/aromatic N) is 2. The zero-order valence-corrected chi connectivity index (χ0v) is 13.2. The van der Waals surface area contributed by atoms with Crippen LogP contribution in [0.4, 0.5) is 0 Å². The number of aryl methyl sites for hydroxylation is 2. The van der Waals surface area contributed by atoms with E-state index in [1.165, 1.54) is 16.8 Å². The van der Waals surface area contributed by atoms with Gasteiger partial charge in [0.15, 0.2) is 0 Å². The van der Waals surface area contributed by atoms with Crippen LogP contribution in [0.5, 0.6) is 0 Å². The van der Waals surface area contributed by atoms with Crippen LogP contribution in [0.3, 0.4) is 0 Å². The number of hydrogen-bond acceptors (Lipinski definition) is 2. The highest BCUT2D eigenvalue weighted by Crippen LogP contribution is 2.19. The summed E-state index contributed by atoms with van der Waals surface area (Å²) in [4.78, 5) is 0. The fraction of sp³-hybridized carbons (Fsp3) is 0.471. The van der Waals surface area contributed by atoms with Crippen molar-refractivity contribution in [2.75, 3.05) is 6.54 Å². The number of hydrogen-bond donors (Lipinski definition) is 1. The molecule has 0 saturated carbocycles. The zero-order valence-electron chi connectivity index (χ0n) is 13.2. The Kier molecular flexibility index (Phi) is 4.61. The van der Waals surface area contributed by atoms with E-state index in [-0.39, 0.29) is 0 Å². The van der Waals surface area contributed by atoms with Crippen LogP contribution < -0.4 is 5.32 Å². The Morgan fingerprint density at radius 2 is 1.95 bits per heavy atom. The molecular formula is C17H25N3. The van der Waals surface area contributed by atoms with Gasteiger partial charge in [-0.05, 0) is 57.0 Å². The fourth-order valence-corrected chi connectivity index (χ4v) is 2.53. The maximum Gasteiger partial charge on any atom is 0.0651 e. The van der Waals surface area contributed by atoms with Gasteiger partial charge in [0.25, 0.3) is 0 Å². The highest BCUT2D eigenvalue weighted by molar-refractivity contribution is 5.39. The lowest BCUT2D eigenvalue weighted by Gasteiger charge is -2.09. The molecule has 3 nitrogen and oxygen atoms in total. The van der Waals surface area contributed by atoms with Gasteiger partial charge in [-0.2, -0.15) is 5.10 Å². The predicted molar refractivity (Wildman–Crippen MR) is 84.6 cm³/mol. The Bertz CT molecular complexity index is 582. The highest BCUT2D eigenvalue weighted by Gasteiger charge is 2.12. The monoisotopic (exact) mass is 271 g/mol. The summed E-state index contributed by atoms with van der Waals surface area (Å²) in [5.41, 5.74) is 6.15. The summed E-state index contributed by atoms with van der Waals surface area (Å²) < 4.78 is 2.06. The van der Waals surface area contributed by atoms with Crippen molar-refractivity contribution in [2.24, 2.45) is 0 Å². The van der Waals surface area contributed by atoms with Crippen LogP contribution >= 0.6 is 0 Å². The average Bonchev–Trinajstić information content (AvgIpc) is 2.66. The molecule has 2 aromatic rings. The van der Waals surface area contributed by atoms with Crippen LogP contribution in [-0.4, -0.2) is 22.4 Å². The van der Waals surface area contributed by atoms with Gasteiger partial charge in [-0.15, -0.1) is 0 Å². The van der Waals surface area contributed by atoms with E-state index in [2.05, 4.69) is 68.9 Å². The summed E-state index contributed by atoms with van der Waals surface area (Å²) in [7, 11) is 0. The smallest absolute Gasteiger partial charge is 0.0651 e. The highest BCUT2D eigenvalue weighted by atomic mass is 15.3. The largest absolute Gasteiger partial charge is 0.314 e. The van der Waals surface area contributed by atoms with E-state index in [4.69, 9.17) is 5.10 Å². The second kappa shape index (κ2) is 6.23. The summed E-state index contributed by atoms with van der Waals surface area (Å²) >= 11 is 0. The van der Waals surface area contributed by atoms with E-state index in [1.54, 1.807) is 0 Å². The molecule has 0 atom stereocenters. The van der Waals surface area contributed by atoms with Crippen LogP contribution in [-0.2, 0) is 6.42 Å². The van der Waals surface area contributed by atoms with Gasteiger partial charge in [0.2, 0.25) is 0 Å². The fourth-order valence-electron chi connectivity index (χ4n) is 2.53. The molecule has 0 saturated heterocycles. The molecule has 0 spiro atoms. The minimum Gasteiger partial charge on any atom is -0.314 e. The first kappa shape index (κ1) is 14.8. The minimum atomic E-state index is 0.530.